The lowest BCUT2D eigenvalue weighted by molar-refractivity contribution is -0.167. The van der Waals surface area contributed by atoms with E-state index < -0.39 is 35.1 Å². The third kappa shape index (κ3) is 8.28. The first-order valence-corrected chi connectivity index (χ1v) is 11.2. The Labute approximate surface area is 178 Å². The predicted molar refractivity (Wildman–Crippen MR) is 113 cm³/mol. The van der Waals surface area contributed by atoms with Gasteiger partial charge in [0.05, 0.1) is 5.88 Å². The maximum Gasteiger partial charge on any atom is 0.414 e. The summed E-state index contributed by atoms with van der Waals surface area (Å²) in [5, 5.41) is 0. The van der Waals surface area contributed by atoms with Crippen molar-refractivity contribution in [3.05, 3.63) is 12.7 Å². The van der Waals surface area contributed by atoms with Crippen LogP contribution in [0.15, 0.2) is 12.7 Å². The van der Waals surface area contributed by atoms with Crippen LogP contribution in [-0.4, -0.2) is 52.5 Å². The molecule has 0 aliphatic carbocycles. The molecule has 0 aromatic heterocycles. The van der Waals surface area contributed by atoms with Crippen LogP contribution in [0.25, 0.3) is 0 Å². The maximum absolute atomic E-state index is 12.6. The summed E-state index contributed by atoms with van der Waals surface area (Å²) in [5.41, 5.74) is 0. The van der Waals surface area contributed by atoms with Gasteiger partial charge in [0.1, 0.15) is 12.6 Å². The first kappa shape index (κ1) is 25.3. The van der Waals surface area contributed by atoms with Crippen molar-refractivity contribution in [1.82, 2.24) is 4.90 Å². The van der Waals surface area contributed by atoms with Crippen LogP contribution in [0.5, 0.6) is 0 Å². The Morgan fingerprint density at radius 1 is 1.24 bits per heavy atom. The number of thioether (sulfide) groups is 1. The zero-order valence-corrected chi connectivity index (χ0v) is 19.1. The highest BCUT2D eigenvalue weighted by Gasteiger charge is 2.49. The second-order valence-electron chi connectivity index (χ2n) is 7.87. The molecule has 1 fully saturated rings. The van der Waals surface area contributed by atoms with E-state index in [0.717, 1.165) is 25.7 Å². The van der Waals surface area contributed by atoms with Crippen LogP contribution in [0.4, 0.5) is 4.79 Å². The molecule has 3 atom stereocenters. The van der Waals surface area contributed by atoms with Crippen LogP contribution in [0, 0.1) is 5.92 Å². The van der Waals surface area contributed by atoms with Crippen molar-refractivity contribution in [2.75, 3.05) is 12.5 Å². The van der Waals surface area contributed by atoms with Crippen LogP contribution in [0.1, 0.15) is 66.7 Å². The molecule has 29 heavy (non-hydrogen) atoms. The summed E-state index contributed by atoms with van der Waals surface area (Å²) in [5.74, 6) is 0.0330. The number of unbranched alkanes of at least 4 members (excludes halogenated alkanes) is 1. The van der Waals surface area contributed by atoms with E-state index in [4.69, 9.17) is 14.2 Å². The van der Waals surface area contributed by atoms with Gasteiger partial charge in [0.25, 0.3) is 0 Å². The summed E-state index contributed by atoms with van der Waals surface area (Å²) in [6.45, 7) is 13.2. The summed E-state index contributed by atoms with van der Waals surface area (Å²) in [6, 6.07) is -0.789. The zero-order valence-electron chi connectivity index (χ0n) is 18.3. The summed E-state index contributed by atoms with van der Waals surface area (Å²) >= 11 is 1.46. The van der Waals surface area contributed by atoms with Crippen LogP contribution >= 0.6 is 11.8 Å². The average molecular weight is 430 g/mol. The highest BCUT2D eigenvalue weighted by Crippen LogP contribution is 2.40. The Morgan fingerprint density at radius 3 is 2.55 bits per heavy atom. The number of amides is 1. The number of esters is 2. The lowest BCUT2D eigenvalue weighted by atomic mass is 10.0. The molecule has 1 amide bonds. The molecule has 0 N–H and O–H groups in total. The Morgan fingerprint density at radius 2 is 1.93 bits per heavy atom. The zero-order chi connectivity index (χ0) is 22.0. The van der Waals surface area contributed by atoms with Crippen molar-refractivity contribution in [3.8, 4) is 0 Å². The van der Waals surface area contributed by atoms with Crippen molar-refractivity contribution in [2.24, 2.45) is 5.92 Å². The highest BCUT2D eigenvalue weighted by molar-refractivity contribution is 8.00. The first-order valence-electron chi connectivity index (χ1n) is 10.2. The molecule has 166 valence electrons. The first-order chi connectivity index (χ1) is 13.6. The van der Waals surface area contributed by atoms with Gasteiger partial charge in [0.2, 0.25) is 6.29 Å². The van der Waals surface area contributed by atoms with Crippen molar-refractivity contribution in [3.63, 3.8) is 0 Å². The highest BCUT2D eigenvalue weighted by atomic mass is 32.2. The van der Waals surface area contributed by atoms with Gasteiger partial charge in [0.15, 0.2) is 0 Å². The molecule has 1 aliphatic heterocycles. The Hall–Kier alpha value is -1.70. The molecule has 3 unspecified atom stereocenters. The average Bonchev–Trinajstić information content (AvgIpc) is 2.98. The fourth-order valence-electron chi connectivity index (χ4n) is 3.00. The molecule has 0 radical (unpaired) electrons. The van der Waals surface area contributed by atoms with E-state index in [0.29, 0.717) is 12.3 Å². The van der Waals surface area contributed by atoms with E-state index in [1.54, 1.807) is 0 Å². The third-order valence-corrected chi connectivity index (χ3v) is 6.31. The van der Waals surface area contributed by atoms with E-state index in [1.165, 1.54) is 29.7 Å². The second-order valence-corrected chi connectivity index (χ2v) is 9.47. The number of nitrogens with zero attached hydrogens (tertiary/aromatic N) is 1. The van der Waals surface area contributed by atoms with Gasteiger partial charge in [0, 0.05) is 18.1 Å². The molecule has 1 saturated heterocycles. The van der Waals surface area contributed by atoms with Gasteiger partial charge in [-0.15, -0.1) is 11.8 Å². The van der Waals surface area contributed by atoms with Crippen LogP contribution < -0.4 is 0 Å². The van der Waals surface area contributed by atoms with E-state index in [1.807, 2.05) is 13.8 Å². The fraction of sp³-hybridized carbons (Fsp3) is 0.762. The van der Waals surface area contributed by atoms with Crippen LogP contribution in [-0.2, 0) is 23.8 Å². The monoisotopic (exact) mass is 429 g/mol. The molecule has 1 heterocycles. The quantitative estimate of drug-likeness (QED) is 0.207. The molecule has 1 rings (SSSR count). The van der Waals surface area contributed by atoms with E-state index in [9.17, 15) is 14.4 Å². The standard InChI is InChI=1S/C21H35NO6S/c1-7-13-26-19(24)18-21(5,6)29-14-22(18)20(25)28-16(4)27-17(23)12-10-9-11-15(3)8-2/h7,15-16,18H,1,8-14H2,2-6H3. The minimum atomic E-state index is -1.02. The molecule has 1 aliphatic rings. The van der Waals surface area contributed by atoms with Gasteiger partial charge in [-0.3, -0.25) is 9.69 Å². The topological polar surface area (TPSA) is 82.1 Å². The number of ether oxygens (including phenoxy) is 3. The number of rotatable bonds is 11. The van der Waals surface area contributed by atoms with Crippen molar-refractivity contribution < 1.29 is 28.6 Å². The number of hydrogen-bond donors (Lipinski definition) is 0. The summed E-state index contributed by atoms with van der Waals surface area (Å²) in [6.07, 6.45) is 3.96. The summed E-state index contributed by atoms with van der Waals surface area (Å²) in [4.78, 5) is 38.2. The van der Waals surface area contributed by atoms with Crippen LogP contribution in [0.2, 0.25) is 0 Å². The molecular formula is C21H35NO6S. The maximum atomic E-state index is 12.6. The normalized spacial score (nSPS) is 19.9. The molecule has 8 heteroatoms. The SMILES string of the molecule is C=CCOC(=O)C1N(C(=O)OC(C)OC(=O)CCCCC(C)CC)CSC1(C)C. The molecule has 0 aromatic carbocycles. The van der Waals surface area contributed by atoms with Crippen molar-refractivity contribution >= 4 is 29.8 Å². The van der Waals surface area contributed by atoms with Gasteiger partial charge in [-0.25, -0.2) is 9.59 Å². The van der Waals surface area contributed by atoms with E-state index >= 15 is 0 Å². The van der Waals surface area contributed by atoms with Gasteiger partial charge in [-0.05, 0) is 26.2 Å². The number of hydrogen-bond acceptors (Lipinski definition) is 7. The van der Waals surface area contributed by atoms with Gasteiger partial charge in [-0.1, -0.05) is 45.8 Å². The number of carbonyl (C=O) groups is 3. The Kier molecular flexibility index (Phi) is 10.6. The summed E-state index contributed by atoms with van der Waals surface area (Å²) < 4.78 is 15.0. The Balaban J connectivity index is 2.50. The van der Waals surface area contributed by atoms with Gasteiger partial charge in [-0.2, -0.15) is 0 Å². The van der Waals surface area contributed by atoms with Gasteiger partial charge >= 0.3 is 18.0 Å². The molecule has 0 aromatic rings. The summed E-state index contributed by atoms with van der Waals surface area (Å²) in [7, 11) is 0. The lowest BCUT2D eigenvalue weighted by Gasteiger charge is -2.29. The van der Waals surface area contributed by atoms with E-state index in [-0.39, 0.29) is 12.5 Å². The van der Waals surface area contributed by atoms with E-state index in [2.05, 4.69) is 20.4 Å². The molecular weight excluding hydrogens is 394 g/mol. The van der Waals surface area contributed by atoms with Gasteiger partial charge < -0.3 is 14.2 Å². The molecule has 0 spiro atoms. The Bertz CT molecular complexity index is 580. The smallest absolute Gasteiger partial charge is 0.414 e. The van der Waals surface area contributed by atoms with Crippen molar-refractivity contribution in [2.45, 2.75) is 83.8 Å². The van der Waals surface area contributed by atoms with Crippen molar-refractivity contribution in [1.29, 1.82) is 0 Å². The fourth-order valence-corrected chi connectivity index (χ4v) is 4.11. The molecule has 0 saturated carbocycles. The second kappa shape index (κ2) is 12.1. The predicted octanol–water partition coefficient (Wildman–Crippen LogP) is 4.50. The lowest BCUT2D eigenvalue weighted by Crippen LogP contribution is -2.50. The molecule has 0 bridgehead atoms. The largest absolute Gasteiger partial charge is 0.460 e. The molecule has 7 nitrogen and oxygen atoms in total. The van der Waals surface area contributed by atoms with Crippen LogP contribution in [0.3, 0.4) is 0 Å². The minimum absolute atomic E-state index is 0.0734. The third-order valence-electron chi connectivity index (χ3n) is 4.94. The number of carbonyl (C=O) groups excluding carboxylic acids is 3. The minimum Gasteiger partial charge on any atom is -0.460 e.